The molecule has 0 fully saturated rings. The van der Waals surface area contributed by atoms with Crippen LogP contribution in [0, 0.1) is 12.4 Å². The summed E-state index contributed by atoms with van der Waals surface area (Å²) in [6.45, 7) is 11.2. The summed E-state index contributed by atoms with van der Waals surface area (Å²) in [4.78, 5) is 28.4. The minimum absolute atomic E-state index is 0.209. The highest BCUT2D eigenvalue weighted by Gasteiger charge is 2.29. The maximum absolute atomic E-state index is 14.1. The summed E-state index contributed by atoms with van der Waals surface area (Å²) in [6, 6.07) is 21.9. The van der Waals surface area contributed by atoms with Gasteiger partial charge >= 0.3 is 0 Å². The molecule has 3 aromatic carbocycles. The number of aliphatic hydroxyl groups excluding tert-OH is 2. The third kappa shape index (κ3) is 7.67. The molecule has 226 valence electrons. The molecule has 1 aromatic heterocycles. The van der Waals surface area contributed by atoms with Gasteiger partial charge in [0.2, 0.25) is 0 Å². The molecule has 0 saturated carbocycles. The van der Waals surface area contributed by atoms with Crippen molar-refractivity contribution in [3.63, 3.8) is 0 Å². The Morgan fingerprint density at radius 2 is 1.61 bits per heavy atom. The van der Waals surface area contributed by atoms with Crippen LogP contribution >= 0.6 is 0 Å². The number of aliphatic hydroxyl groups is 2. The maximum Gasteiger partial charge on any atom is 0.268 e. The SMILES string of the molecule is [C-]#[N+]c1ccc(CNC(=O)c2c(-c3ccccc3)c(-c3ccc(F)cc3)c(/C=C/[C@@H](O)C[C@@H](O)CC(=O)[O-])n2C(C)C)cc1. The molecule has 44 heavy (non-hydrogen) atoms. The topological polar surface area (TPSA) is 119 Å². The zero-order chi connectivity index (χ0) is 31.8. The Balaban J connectivity index is 1.89. The molecule has 3 N–H and O–H groups in total. The minimum atomic E-state index is -1.42. The summed E-state index contributed by atoms with van der Waals surface area (Å²) >= 11 is 0. The fraction of sp³-hybridized carbons (Fsp3) is 0.229. The van der Waals surface area contributed by atoms with Crippen LogP contribution in [0.1, 0.15) is 54.5 Å². The number of carbonyl (C=O) groups excluding carboxylic acids is 2. The summed E-state index contributed by atoms with van der Waals surface area (Å²) < 4.78 is 15.9. The number of carboxylic acid groups (broad SMARTS) is 1. The van der Waals surface area contributed by atoms with Crippen molar-refractivity contribution in [2.24, 2.45) is 0 Å². The van der Waals surface area contributed by atoms with E-state index in [1.807, 2.05) is 48.7 Å². The quantitative estimate of drug-likeness (QED) is 0.193. The molecule has 2 atom stereocenters. The number of hydrogen-bond donors (Lipinski definition) is 3. The lowest BCUT2D eigenvalue weighted by Gasteiger charge is -2.17. The summed E-state index contributed by atoms with van der Waals surface area (Å²) in [5.74, 6) is -2.21. The van der Waals surface area contributed by atoms with Gasteiger partial charge in [0.05, 0.1) is 18.8 Å². The molecule has 0 saturated heterocycles. The second-order valence-electron chi connectivity index (χ2n) is 10.7. The lowest BCUT2D eigenvalue weighted by molar-refractivity contribution is -0.307. The lowest BCUT2D eigenvalue weighted by atomic mass is 9.94. The molecule has 0 bridgehead atoms. The lowest BCUT2D eigenvalue weighted by Crippen LogP contribution is -2.29. The van der Waals surface area contributed by atoms with Gasteiger partial charge in [-0.1, -0.05) is 72.8 Å². The molecule has 0 spiro atoms. The molecule has 4 rings (SSSR count). The Morgan fingerprint density at radius 3 is 2.20 bits per heavy atom. The van der Waals surface area contributed by atoms with Crippen LogP contribution < -0.4 is 10.4 Å². The number of hydrogen-bond acceptors (Lipinski definition) is 5. The van der Waals surface area contributed by atoms with E-state index >= 15 is 0 Å². The molecule has 4 aromatic rings. The van der Waals surface area contributed by atoms with Gasteiger partial charge < -0.3 is 30.0 Å². The van der Waals surface area contributed by atoms with E-state index < -0.39 is 30.4 Å². The van der Waals surface area contributed by atoms with E-state index in [0.717, 1.165) is 11.1 Å². The second kappa shape index (κ2) is 14.4. The Bertz CT molecular complexity index is 1670. The third-order valence-corrected chi connectivity index (χ3v) is 7.08. The van der Waals surface area contributed by atoms with Crippen LogP contribution in [0.25, 0.3) is 33.2 Å². The van der Waals surface area contributed by atoms with Crippen molar-refractivity contribution in [1.29, 1.82) is 0 Å². The molecule has 8 nitrogen and oxygen atoms in total. The summed E-state index contributed by atoms with van der Waals surface area (Å²) in [5.41, 5.74) is 4.85. The zero-order valence-electron chi connectivity index (χ0n) is 24.4. The summed E-state index contributed by atoms with van der Waals surface area (Å²) in [7, 11) is 0. The van der Waals surface area contributed by atoms with E-state index in [-0.39, 0.29) is 24.9 Å². The van der Waals surface area contributed by atoms with Gasteiger partial charge in [-0.05, 0) is 48.7 Å². The molecule has 0 unspecified atom stereocenters. The van der Waals surface area contributed by atoms with Crippen LogP contribution in [0.3, 0.4) is 0 Å². The van der Waals surface area contributed by atoms with Crippen molar-refractivity contribution in [2.75, 3.05) is 0 Å². The fourth-order valence-electron chi connectivity index (χ4n) is 5.12. The highest BCUT2D eigenvalue weighted by molar-refractivity contribution is 6.06. The number of aromatic nitrogens is 1. The van der Waals surface area contributed by atoms with Crippen molar-refractivity contribution in [3.05, 3.63) is 119 Å². The number of nitrogens with one attached hydrogen (secondary N) is 1. The van der Waals surface area contributed by atoms with Crippen molar-refractivity contribution < 1.29 is 29.3 Å². The number of carbonyl (C=O) groups is 2. The van der Waals surface area contributed by atoms with E-state index in [2.05, 4.69) is 10.2 Å². The smallest absolute Gasteiger partial charge is 0.268 e. The highest BCUT2D eigenvalue weighted by atomic mass is 19.1. The first kappa shape index (κ1) is 31.9. The van der Waals surface area contributed by atoms with Gasteiger partial charge in [0, 0.05) is 48.2 Å². The van der Waals surface area contributed by atoms with Gasteiger partial charge in [-0.15, -0.1) is 0 Å². The molecular weight excluding hydrogens is 561 g/mol. The standard InChI is InChI=1S/C35H34FN3O5/c1-22(2)39-30(18-17-28(40)19-29(41)20-31(42)43)32(25-11-13-26(36)14-12-25)33(24-7-5-4-6-8-24)34(39)35(44)38-21-23-9-15-27(37-3)16-10-23/h4-18,22,28-29,40-41H,19-21H2,1-2H3,(H,38,44)(H,42,43)/p-1/b18-17+/t28-,29-/m1/s1. The summed E-state index contributed by atoms with van der Waals surface area (Å²) in [5, 5.41) is 34.6. The highest BCUT2D eigenvalue weighted by Crippen LogP contribution is 2.42. The van der Waals surface area contributed by atoms with E-state index in [4.69, 9.17) is 6.57 Å². The summed E-state index contributed by atoms with van der Waals surface area (Å²) in [6.07, 6.45) is -0.271. The number of amides is 1. The van der Waals surface area contributed by atoms with Gasteiger partial charge in [0.1, 0.15) is 11.5 Å². The van der Waals surface area contributed by atoms with Crippen LogP contribution in [-0.4, -0.2) is 38.9 Å². The second-order valence-corrected chi connectivity index (χ2v) is 10.7. The molecule has 0 radical (unpaired) electrons. The monoisotopic (exact) mass is 594 g/mol. The first-order valence-electron chi connectivity index (χ1n) is 14.2. The minimum Gasteiger partial charge on any atom is -0.550 e. The Kier molecular flexibility index (Phi) is 10.5. The van der Waals surface area contributed by atoms with Gasteiger partial charge in [0.15, 0.2) is 5.69 Å². The van der Waals surface area contributed by atoms with Crippen LogP contribution in [0.2, 0.25) is 0 Å². The number of carboxylic acids is 1. The van der Waals surface area contributed by atoms with Crippen LogP contribution in [0.5, 0.6) is 0 Å². The van der Waals surface area contributed by atoms with E-state index in [9.17, 15) is 29.3 Å². The Labute approximate surface area is 255 Å². The van der Waals surface area contributed by atoms with E-state index in [1.54, 1.807) is 42.5 Å². The third-order valence-electron chi connectivity index (χ3n) is 7.08. The molecule has 9 heteroatoms. The zero-order valence-corrected chi connectivity index (χ0v) is 24.4. The first-order valence-corrected chi connectivity index (χ1v) is 14.2. The van der Waals surface area contributed by atoms with Crippen molar-refractivity contribution in [3.8, 4) is 22.3 Å². The number of rotatable bonds is 12. The molecule has 0 aliphatic heterocycles. The predicted molar refractivity (Wildman–Crippen MR) is 165 cm³/mol. The molecule has 1 amide bonds. The van der Waals surface area contributed by atoms with Gasteiger partial charge in [-0.25, -0.2) is 9.24 Å². The molecular formula is C35H33FN3O5-. The van der Waals surface area contributed by atoms with Crippen LogP contribution in [-0.2, 0) is 11.3 Å². The Morgan fingerprint density at radius 1 is 0.977 bits per heavy atom. The van der Waals surface area contributed by atoms with Crippen LogP contribution in [0.4, 0.5) is 10.1 Å². The van der Waals surface area contributed by atoms with E-state index in [0.29, 0.717) is 33.8 Å². The largest absolute Gasteiger partial charge is 0.550 e. The van der Waals surface area contributed by atoms with Gasteiger partial charge in [-0.3, -0.25) is 4.79 Å². The van der Waals surface area contributed by atoms with E-state index in [1.165, 1.54) is 18.2 Å². The Hall–Kier alpha value is -5.04. The maximum atomic E-state index is 14.1. The predicted octanol–water partition coefficient (Wildman–Crippen LogP) is 5.29. The van der Waals surface area contributed by atoms with Crippen molar-refractivity contribution in [2.45, 2.75) is 51.5 Å². The fourth-order valence-corrected chi connectivity index (χ4v) is 5.12. The number of halogens is 1. The average Bonchev–Trinajstić information content (AvgIpc) is 3.35. The normalized spacial score (nSPS) is 12.7. The average molecular weight is 595 g/mol. The first-order chi connectivity index (χ1) is 21.1. The van der Waals surface area contributed by atoms with Crippen LogP contribution in [0.15, 0.2) is 84.9 Å². The van der Waals surface area contributed by atoms with Gasteiger partial charge in [-0.2, -0.15) is 0 Å². The van der Waals surface area contributed by atoms with Crippen molar-refractivity contribution >= 4 is 23.6 Å². The number of benzene rings is 3. The molecule has 0 aliphatic rings. The number of aliphatic carboxylic acids is 1. The molecule has 1 heterocycles. The van der Waals surface area contributed by atoms with Crippen molar-refractivity contribution in [1.82, 2.24) is 9.88 Å². The number of nitrogens with zero attached hydrogens (tertiary/aromatic N) is 2. The molecule has 0 aliphatic carbocycles. The van der Waals surface area contributed by atoms with Gasteiger partial charge in [0.25, 0.3) is 5.91 Å².